The minimum absolute atomic E-state index is 0.0867. The maximum Gasteiger partial charge on any atom is 0.273 e. The molecule has 112 valence electrons. The van der Waals surface area contributed by atoms with Gasteiger partial charge >= 0.3 is 0 Å². The summed E-state index contributed by atoms with van der Waals surface area (Å²) in [5.74, 6) is -0.286. The molecule has 0 radical (unpaired) electrons. The molecule has 7 heteroatoms. The van der Waals surface area contributed by atoms with E-state index < -0.39 is 0 Å². The van der Waals surface area contributed by atoms with E-state index in [1.54, 1.807) is 24.4 Å². The highest BCUT2D eigenvalue weighted by atomic mass is 32.1. The predicted molar refractivity (Wildman–Crippen MR) is 79.8 cm³/mol. The van der Waals surface area contributed by atoms with Crippen LogP contribution in [0.3, 0.4) is 0 Å². The Hall–Kier alpha value is -1.47. The van der Waals surface area contributed by atoms with Crippen LogP contribution in [0.5, 0.6) is 0 Å². The molecule has 0 aliphatic heterocycles. The van der Waals surface area contributed by atoms with Crippen molar-refractivity contribution in [3.05, 3.63) is 16.1 Å². The van der Waals surface area contributed by atoms with Gasteiger partial charge in [-0.1, -0.05) is 6.92 Å². The number of hydrogen-bond acceptors (Lipinski definition) is 5. The van der Waals surface area contributed by atoms with Gasteiger partial charge in [0.2, 0.25) is 5.91 Å². The first-order chi connectivity index (χ1) is 9.49. The van der Waals surface area contributed by atoms with Gasteiger partial charge in [0.05, 0.1) is 5.01 Å². The maximum atomic E-state index is 12.4. The number of aromatic nitrogens is 1. The highest BCUT2D eigenvalue weighted by Crippen LogP contribution is 2.12. The zero-order valence-electron chi connectivity index (χ0n) is 12.3. The van der Waals surface area contributed by atoms with E-state index in [2.05, 4.69) is 4.98 Å². The van der Waals surface area contributed by atoms with Crippen molar-refractivity contribution in [1.82, 2.24) is 14.8 Å². The second-order valence-corrected chi connectivity index (χ2v) is 5.62. The number of amides is 2. The van der Waals surface area contributed by atoms with Gasteiger partial charge in [-0.15, -0.1) is 11.3 Å². The zero-order valence-corrected chi connectivity index (χ0v) is 13.1. The lowest BCUT2D eigenvalue weighted by Gasteiger charge is -2.22. The van der Waals surface area contributed by atoms with Crippen molar-refractivity contribution in [2.45, 2.75) is 19.8 Å². The van der Waals surface area contributed by atoms with Crippen molar-refractivity contribution >= 4 is 23.2 Å². The first-order valence-electron chi connectivity index (χ1n) is 6.63. The summed E-state index contributed by atoms with van der Waals surface area (Å²) < 4.78 is 0. The van der Waals surface area contributed by atoms with Crippen molar-refractivity contribution in [3.8, 4) is 0 Å². The summed E-state index contributed by atoms with van der Waals surface area (Å²) in [6, 6.07) is 0. The summed E-state index contributed by atoms with van der Waals surface area (Å²) in [4.78, 5) is 31.5. The Kier molecular flexibility index (Phi) is 6.60. The molecule has 1 rings (SSSR count). The molecule has 0 spiro atoms. The van der Waals surface area contributed by atoms with Crippen molar-refractivity contribution in [2.24, 2.45) is 5.73 Å². The number of thiazole rings is 1. The first-order valence-corrected chi connectivity index (χ1v) is 7.51. The number of carbonyl (C=O) groups is 2. The molecule has 0 saturated carbocycles. The standard InChI is InChI=1S/C13H22N4O2S/c1-4-7-17(8-12(18)16(2)3)13(19)10-9-20-11(15-10)5-6-14/h9H,4-8,14H2,1-3H3. The molecular formula is C13H22N4O2S. The number of rotatable bonds is 7. The molecule has 0 aliphatic rings. The molecule has 1 aromatic heterocycles. The van der Waals surface area contributed by atoms with Crippen molar-refractivity contribution < 1.29 is 9.59 Å². The largest absolute Gasteiger partial charge is 0.347 e. The van der Waals surface area contributed by atoms with E-state index in [-0.39, 0.29) is 18.4 Å². The molecule has 2 N–H and O–H groups in total. The van der Waals surface area contributed by atoms with Gasteiger partial charge in [0, 0.05) is 32.4 Å². The summed E-state index contributed by atoms with van der Waals surface area (Å²) in [7, 11) is 3.36. The minimum Gasteiger partial charge on any atom is -0.347 e. The summed E-state index contributed by atoms with van der Waals surface area (Å²) in [6.07, 6.45) is 1.47. The number of hydrogen-bond donors (Lipinski definition) is 1. The maximum absolute atomic E-state index is 12.4. The fraction of sp³-hybridized carbons (Fsp3) is 0.615. The Bertz CT molecular complexity index is 459. The fourth-order valence-corrected chi connectivity index (χ4v) is 2.42. The van der Waals surface area contributed by atoms with E-state index in [1.807, 2.05) is 6.92 Å². The second kappa shape index (κ2) is 7.96. The lowest BCUT2D eigenvalue weighted by atomic mass is 10.3. The Morgan fingerprint density at radius 2 is 2.10 bits per heavy atom. The van der Waals surface area contributed by atoms with Crippen LogP contribution in [0.25, 0.3) is 0 Å². The summed E-state index contributed by atoms with van der Waals surface area (Å²) in [5.41, 5.74) is 5.88. The second-order valence-electron chi connectivity index (χ2n) is 4.68. The van der Waals surface area contributed by atoms with E-state index in [0.717, 1.165) is 11.4 Å². The SMILES string of the molecule is CCCN(CC(=O)N(C)C)C(=O)c1csc(CCN)n1. The van der Waals surface area contributed by atoms with Crippen molar-refractivity contribution in [2.75, 3.05) is 33.7 Å². The Morgan fingerprint density at radius 3 is 2.65 bits per heavy atom. The quantitative estimate of drug-likeness (QED) is 0.799. The third-order valence-electron chi connectivity index (χ3n) is 2.73. The summed E-state index contributed by atoms with van der Waals surface area (Å²) in [5, 5.41) is 2.59. The average Bonchev–Trinajstić information content (AvgIpc) is 2.86. The molecular weight excluding hydrogens is 276 g/mol. The van der Waals surface area contributed by atoms with Gasteiger partial charge in [0.1, 0.15) is 12.2 Å². The number of carbonyl (C=O) groups excluding carboxylic acids is 2. The molecule has 0 aliphatic carbocycles. The van der Waals surface area contributed by atoms with Gasteiger partial charge in [0.15, 0.2) is 0 Å². The van der Waals surface area contributed by atoms with E-state index in [1.165, 1.54) is 16.2 Å². The van der Waals surface area contributed by atoms with Crippen LogP contribution in [0, 0.1) is 0 Å². The molecule has 0 saturated heterocycles. The van der Waals surface area contributed by atoms with Gasteiger partial charge < -0.3 is 15.5 Å². The van der Waals surface area contributed by atoms with E-state index in [0.29, 0.717) is 25.2 Å². The lowest BCUT2D eigenvalue weighted by Crippen LogP contribution is -2.40. The molecule has 2 amide bonds. The normalized spacial score (nSPS) is 10.4. The van der Waals surface area contributed by atoms with E-state index >= 15 is 0 Å². The number of likely N-dealkylation sites (N-methyl/N-ethyl adjacent to an activating group) is 1. The van der Waals surface area contributed by atoms with Gasteiger partial charge in [0.25, 0.3) is 5.91 Å². The summed E-state index contributed by atoms with van der Waals surface area (Å²) >= 11 is 1.43. The minimum atomic E-state index is -0.193. The molecule has 20 heavy (non-hydrogen) atoms. The van der Waals surface area contributed by atoms with Gasteiger partial charge in [-0.3, -0.25) is 9.59 Å². The van der Waals surface area contributed by atoms with Crippen LogP contribution in [0.4, 0.5) is 0 Å². The number of nitrogens with zero attached hydrogens (tertiary/aromatic N) is 3. The topological polar surface area (TPSA) is 79.5 Å². The van der Waals surface area contributed by atoms with Crippen molar-refractivity contribution in [1.29, 1.82) is 0 Å². The third kappa shape index (κ3) is 4.57. The molecule has 0 bridgehead atoms. The highest BCUT2D eigenvalue weighted by Gasteiger charge is 2.21. The van der Waals surface area contributed by atoms with Gasteiger partial charge in [-0.2, -0.15) is 0 Å². The van der Waals surface area contributed by atoms with E-state index in [4.69, 9.17) is 5.73 Å². The van der Waals surface area contributed by atoms with Gasteiger partial charge in [-0.25, -0.2) is 4.98 Å². The molecule has 1 aromatic rings. The van der Waals surface area contributed by atoms with Crippen LogP contribution in [0.15, 0.2) is 5.38 Å². The molecule has 1 heterocycles. The van der Waals surface area contributed by atoms with E-state index in [9.17, 15) is 9.59 Å². The number of nitrogens with two attached hydrogens (primary N) is 1. The van der Waals surface area contributed by atoms with Crippen LogP contribution in [0.2, 0.25) is 0 Å². The first kappa shape index (κ1) is 16.6. The van der Waals surface area contributed by atoms with Gasteiger partial charge in [-0.05, 0) is 13.0 Å². The molecule has 0 fully saturated rings. The monoisotopic (exact) mass is 298 g/mol. The molecule has 0 aromatic carbocycles. The fourth-order valence-electron chi connectivity index (χ4n) is 1.64. The third-order valence-corrected chi connectivity index (χ3v) is 3.64. The molecule has 0 unspecified atom stereocenters. The van der Waals surface area contributed by atoms with Crippen LogP contribution < -0.4 is 5.73 Å². The molecule has 0 atom stereocenters. The summed E-state index contributed by atoms with van der Waals surface area (Å²) in [6.45, 7) is 3.12. The van der Waals surface area contributed by atoms with Crippen LogP contribution in [-0.4, -0.2) is 60.3 Å². The van der Waals surface area contributed by atoms with Crippen molar-refractivity contribution in [3.63, 3.8) is 0 Å². The smallest absolute Gasteiger partial charge is 0.273 e. The highest BCUT2D eigenvalue weighted by molar-refractivity contribution is 7.09. The predicted octanol–water partition coefficient (Wildman–Crippen LogP) is 0.585. The molecule has 6 nitrogen and oxygen atoms in total. The Labute approximate surface area is 123 Å². The lowest BCUT2D eigenvalue weighted by molar-refractivity contribution is -0.129. The van der Waals surface area contributed by atoms with Crippen LogP contribution >= 0.6 is 11.3 Å². The zero-order chi connectivity index (χ0) is 15.1. The average molecular weight is 298 g/mol. The van der Waals surface area contributed by atoms with Crippen LogP contribution in [-0.2, 0) is 11.2 Å². The Morgan fingerprint density at radius 1 is 1.40 bits per heavy atom. The van der Waals surface area contributed by atoms with Crippen LogP contribution in [0.1, 0.15) is 28.8 Å². The Balaban J connectivity index is 2.78.